The lowest BCUT2D eigenvalue weighted by Crippen LogP contribution is -2.38. The van der Waals surface area contributed by atoms with E-state index < -0.39 is 17.7 Å². The minimum absolute atomic E-state index is 0.0192. The second kappa shape index (κ2) is 7.88. The van der Waals surface area contributed by atoms with Gasteiger partial charge in [-0.2, -0.15) is 0 Å². The van der Waals surface area contributed by atoms with E-state index in [0.29, 0.717) is 37.9 Å². The molecule has 164 valence electrons. The van der Waals surface area contributed by atoms with Gasteiger partial charge in [-0.15, -0.1) is 13.2 Å². The molecule has 1 spiro atoms. The average molecular weight is 434 g/mol. The molecule has 2 aromatic carbocycles. The molecule has 1 aliphatic heterocycles. The zero-order valence-electron chi connectivity index (χ0n) is 16.5. The Labute approximate surface area is 176 Å². The van der Waals surface area contributed by atoms with E-state index in [0.717, 1.165) is 23.1 Å². The van der Waals surface area contributed by atoms with Gasteiger partial charge in [-0.25, -0.2) is 5.48 Å². The van der Waals surface area contributed by atoms with Crippen molar-refractivity contribution in [1.29, 1.82) is 0 Å². The Morgan fingerprint density at radius 3 is 2.55 bits per heavy atom. The van der Waals surface area contributed by atoms with E-state index in [-0.39, 0.29) is 11.7 Å². The Morgan fingerprint density at radius 1 is 1.13 bits per heavy atom. The molecule has 0 unspecified atom stereocenters. The summed E-state index contributed by atoms with van der Waals surface area (Å²) < 4.78 is 40.8. The molecule has 1 saturated heterocycles. The third kappa shape index (κ3) is 4.36. The van der Waals surface area contributed by atoms with Crippen LogP contribution in [0.2, 0.25) is 0 Å². The van der Waals surface area contributed by atoms with E-state index in [2.05, 4.69) is 4.74 Å². The zero-order valence-corrected chi connectivity index (χ0v) is 16.5. The Kier molecular flexibility index (Phi) is 5.38. The van der Waals surface area contributed by atoms with Gasteiger partial charge in [-0.1, -0.05) is 18.2 Å². The van der Waals surface area contributed by atoms with Crippen molar-refractivity contribution in [2.24, 2.45) is 5.41 Å². The Hall–Kier alpha value is -3.07. The lowest BCUT2D eigenvalue weighted by atomic mass is 9.70. The van der Waals surface area contributed by atoms with Gasteiger partial charge in [0.1, 0.15) is 5.75 Å². The SMILES string of the molecule is O=C(NO)c1ccc2c(c1)C[C@]1(CC2)CCN(Cc2ccc(OC(F)(F)F)cc2)C1=O. The quantitative estimate of drug-likeness (QED) is 0.569. The minimum Gasteiger partial charge on any atom is -0.406 e. The minimum atomic E-state index is -4.74. The van der Waals surface area contributed by atoms with Crippen molar-refractivity contribution in [2.75, 3.05) is 6.54 Å². The second-order valence-corrected chi connectivity index (χ2v) is 8.05. The maximum Gasteiger partial charge on any atom is 0.573 e. The van der Waals surface area contributed by atoms with Gasteiger partial charge in [-0.3, -0.25) is 14.8 Å². The molecule has 1 aliphatic carbocycles. The van der Waals surface area contributed by atoms with E-state index in [4.69, 9.17) is 5.21 Å². The molecule has 1 heterocycles. The molecule has 6 nitrogen and oxygen atoms in total. The van der Waals surface area contributed by atoms with Crippen LogP contribution in [0.25, 0.3) is 0 Å². The number of alkyl halides is 3. The van der Waals surface area contributed by atoms with Crippen LogP contribution < -0.4 is 10.2 Å². The van der Waals surface area contributed by atoms with E-state index in [1.807, 2.05) is 6.07 Å². The number of likely N-dealkylation sites (tertiary alicyclic amines) is 1. The summed E-state index contributed by atoms with van der Waals surface area (Å²) in [4.78, 5) is 26.7. The van der Waals surface area contributed by atoms with Crippen molar-refractivity contribution in [3.63, 3.8) is 0 Å². The molecule has 2 N–H and O–H groups in total. The van der Waals surface area contributed by atoms with Crippen LogP contribution in [0.1, 0.15) is 39.9 Å². The highest BCUT2D eigenvalue weighted by Crippen LogP contribution is 2.44. The van der Waals surface area contributed by atoms with Crippen molar-refractivity contribution in [3.05, 3.63) is 64.7 Å². The maximum absolute atomic E-state index is 13.3. The van der Waals surface area contributed by atoms with Crippen molar-refractivity contribution >= 4 is 11.8 Å². The predicted octanol–water partition coefficient (Wildman–Crippen LogP) is 3.61. The molecule has 31 heavy (non-hydrogen) atoms. The number of hydroxylamine groups is 1. The van der Waals surface area contributed by atoms with Gasteiger partial charge < -0.3 is 9.64 Å². The molecule has 0 radical (unpaired) electrons. The first-order valence-electron chi connectivity index (χ1n) is 9.89. The molecule has 9 heteroatoms. The lowest BCUT2D eigenvalue weighted by molar-refractivity contribution is -0.274. The number of carbonyl (C=O) groups is 2. The van der Waals surface area contributed by atoms with Gasteiger partial charge in [-0.05, 0) is 66.6 Å². The van der Waals surface area contributed by atoms with E-state index in [9.17, 15) is 22.8 Å². The van der Waals surface area contributed by atoms with Crippen molar-refractivity contribution in [1.82, 2.24) is 10.4 Å². The molecular weight excluding hydrogens is 413 g/mol. The molecule has 4 rings (SSSR count). The summed E-state index contributed by atoms with van der Waals surface area (Å²) in [6.45, 7) is 0.873. The Morgan fingerprint density at radius 2 is 1.87 bits per heavy atom. The van der Waals surface area contributed by atoms with Gasteiger partial charge in [0, 0.05) is 18.7 Å². The maximum atomic E-state index is 13.3. The number of ether oxygens (including phenoxy) is 1. The summed E-state index contributed by atoms with van der Waals surface area (Å²) in [6.07, 6.45) is -2.12. The highest BCUT2D eigenvalue weighted by molar-refractivity contribution is 5.93. The zero-order chi connectivity index (χ0) is 22.2. The number of benzene rings is 2. The van der Waals surface area contributed by atoms with Crippen LogP contribution >= 0.6 is 0 Å². The summed E-state index contributed by atoms with van der Waals surface area (Å²) in [5.74, 6) is -0.877. The van der Waals surface area contributed by atoms with Gasteiger partial charge >= 0.3 is 6.36 Å². The third-order valence-electron chi connectivity index (χ3n) is 6.10. The number of aryl methyl sites for hydroxylation is 1. The monoisotopic (exact) mass is 434 g/mol. The number of fused-ring (bicyclic) bond motifs is 1. The third-order valence-corrected chi connectivity index (χ3v) is 6.10. The molecular formula is C22H21F3N2O4. The second-order valence-electron chi connectivity index (χ2n) is 8.05. The lowest BCUT2D eigenvalue weighted by Gasteiger charge is -2.33. The number of rotatable bonds is 4. The van der Waals surface area contributed by atoms with Crippen LogP contribution in [0.3, 0.4) is 0 Å². The number of carbonyl (C=O) groups excluding carboxylic acids is 2. The number of hydrogen-bond donors (Lipinski definition) is 2. The molecule has 2 aliphatic rings. The molecule has 1 fully saturated rings. The summed E-state index contributed by atoms with van der Waals surface area (Å²) in [5, 5.41) is 8.86. The number of nitrogens with zero attached hydrogens (tertiary/aromatic N) is 1. The van der Waals surface area contributed by atoms with Crippen LogP contribution in [-0.2, 0) is 24.2 Å². The first-order chi connectivity index (χ1) is 14.7. The largest absolute Gasteiger partial charge is 0.573 e. The molecule has 1 atom stereocenters. The van der Waals surface area contributed by atoms with Crippen molar-refractivity contribution in [2.45, 2.75) is 38.6 Å². The molecule has 0 aromatic heterocycles. The number of amides is 2. The van der Waals surface area contributed by atoms with Crippen LogP contribution in [0.15, 0.2) is 42.5 Å². The fourth-order valence-corrected chi connectivity index (χ4v) is 4.52. The first-order valence-corrected chi connectivity index (χ1v) is 9.89. The topological polar surface area (TPSA) is 78.9 Å². The van der Waals surface area contributed by atoms with Crippen LogP contribution in [-0.4, -0.2) is 34.8 Å². The Bertz CT molecular complexity index is 1010. The van der Waals surface area contributed by atoms with Crippen LogP contribution in [0.4, 0.5) is 13.2 Å². The molecule has 2 aromatic rings. The van der Waals surface area contributed by atoms with E-state index in [1.165, 1.54) is 24.3 Å². The summed E-state index contributed by atoms with van der Waals surface area (Å²) in [5.41, 5.74) is 4.15. The van der Waals surface area contributed by atoms with Gasteiger partial charge in [0.2, 0.25) is 5.91 Å². The summed E-state index contributed by atoms with van der Waals surface area (Å²) in [6, 6.07) is 10.8. The number of halogens is 3. The smallest absolute Gasteiger partial charge is 0.406 e. The van der Waals surface area contributed by atoms with Gasteiger partial charge in [0.25, 0.3) is 5.91 Å². The van der Waals surface area contributed by atoms with Crippen molar-refractivity contribution < 1.29 is 32.7 Å². The van der Waals surface area contributed by atoms with Gasteiger partial charge in [0.15, 0.2) is 0 Å². The standard InChI is InChI=1S/C22H21F3N2O4/c23-22(24,25)31-18-5-1-14(2-6-18)13-27-10-9-21(20(27)29)8-7-15-3-4-16(19(28)26-30)11-17(15)12-21/h1-6,11,30H,7-10,12-13H2,(H,26,28)/t21-/m0/s1. The van der Waals surface area contributed by atoms with E-state index in [1.54, 1.807) is 22.5 Å². The predicted molar refractivity (Wildman–Crippen MR) is 103 cm³/mol. The highest BCUT2D eigenvalue weighted by atomic mass is 19.4. The van der Waals surface area contributed by atoms with Crippen LogP contribution in [0, 0.1) is 5.41 Å². The Balaban J connectivity index is 1.46. The highest BCUT2D eigenvalue weighted by Gasteiger charge is 2.48. The van der Waals surface area contributed by atoms with Crippen LogP contribution in [0.5, 0.6) is 5.75 Å². The number of hydrogen-bond acceptors (Lipinski definition) is 4. The fourth-order valence-electron chi connectivity index (χ4n) is 4.52. The van der Waals surface area contributed by atoms with Crippen molar-refractivity contribution in [3.8, 4) is 5.75 Å². The fraction of sp³-hybridized carbons (Fsp3) is 0.364. The van der Waals surface area contributed by atoms with E-state index >= 15 is 0 Å². The van der Waals surface area contributed by atoms with Gasteiger partial charge in [0.05, 0.1) is 5.41 Å². The summed E-state index contributed by atoms with van der Waals surface area (Å²) >= 11 is 0. The molecule has 2 amide bonds. The first kappa shape index (κ1) is 21.2. The normalized spacial score (nSPS) is 20.6. The molecule has 0 saturated carbocycles. The molecule has 0 bridgehead atoms. The number of nitrogens with one attached hydrogen (secondary N) is 1. The average Bonchev–Trinajstić information content (AvgIpc) is 3.02. The summed E-state index contributed by atoms with van der Waals surface area (Å²) in [7, 11) is 0.